The van der Waals surface area contributed by atoms with Crippen molar-refractivity contribution in [2.24, 2.45) is 0 Å². The Morgan fingerprint density at radius 3 is 2.63 bits per heavy atom. The summed E-state index contributed by atoms with van der Waals surface area (Å²) in [6.45, 7) is 0.0393. The van der Waals surface area contributed by atoms with Gasteiger partial charge in [-0.3, -0.25) is 14.5 Å². The molecule has 3 aromatic heterocycles. The molecule has 38 heavy (non-hydrogen) atoms. The maximum atomic E-state index is 14.1. The Labute approximate surface area is 222 Å². The molecular weight excluding hydrogens is 506 g/mol. The second-order valence-electron chi connectivity index (χ2n) is 8.25. The van der Waals surface area contributed by atoms with E-state index in [9.17, 15) is 9.59 Å². The van der Waals surface area contributed by atoms with Crippen LogP contribution < -0.4 is 19.7 Å². The molecule has 0 unspecified atom stereocenters. The summed E-state index contributed by atoms with van der Waals surface area (Å²) in [7, 11) is 3.05. The molecule has 3 heterocycles. The summed E-state index contributed by atoms with van der Waals surface area (Å²) in [5, 5.41) is 13.1. The monoisotopic (exact) mass is 531 g/mol. The number of thiophene rings is 1. The Kier molecular flexibility index (Phi) is 7.36. The Morgan fingerprint density at radius 1 is 1.05 bits per heavy atom. The van der Waals surface area contributed by atoms with E-state index in [4.69, 9.17) is 13.9 Å². The first kappa shape index (κ1) is 25.0. The number of methoxy groups -OCH3 is 2. The Hall–Kier alpha value is -4.64. The molecule has 0 aliphatic heterocycles. The van der Waals surface area contributed by atoms with Crippen molar-refractivity contribution in [3.63, 3.8) is 0 Å². The van der Waals surface area contributed by atoms with Gasteiger partial charge in [0.05, 0.1) is 32.5 Å². The summed E-state index contributed by atoms with van der Waals surface area (Å²) in [5.41, 5.74) is 1.84. The van der Waals surface area contributed by atoms with E-state index in [0.717, 1.165) is 0 Å². The van der Waals surface area contributed by atoms with E-state index in [-0.39, 0.29) is 24.9 Å². The van der Waals surface area contributed by atoms with Crippen molar-refractivity contribution in [2.45, 2.75) is 19.1 Å². The predicted octanol–water partition coefficient (Wildman–Crippen LogP) is 4.19. The lowest BCUT2D eigenvalue weighted by Crippen LogP contribution is -2.45. The number of fused-ring (bicyclic) bond motifs is 1. The lowest BCUT2D eigenvalue weighted by Gasteiger charge is -2.31. The van der Waals surface area contributed by atoms with Gasteiger partial charge in [0.2, 0.25) is 11.8 Å². The van der Waals surface area contributed by atoms with Crippen LogP contribution in [0.1, 0.15) is 16.7 Å². The SMILES string of the molecule is COc1ccc(N(C(=O)Cn2nnc3ccccc32)[C@H](C(=O)NCc2ccco2)c2cccs2)cc1OC. The van der Waals surface area contributed by atoms with Crippen LogP contribution in [0.25, 0.3) is 11.0 Å². The number of furan rings is 1. The van der Waals surface area contributed by atoms with E-state index in [2.05, 4.69) is 15.6 Å². The van der Waals surface area contributed by atoms with Gasteiger partial charge in [0.25, 0.3) is 0 Å². The summed E-state index contributed by atoms with van der Waals surface area (Å²) < 4.78 is 17.8. The van der Waals surface area contributed by atoms with Crippen LogP contribution in [0.15, 0.2) is 82.8 Å². The maximum Gasteiger partial charge on any atom is 0.249 e. The van der Waals surface area contributed by atoms with Crippen molar-refractivity contribution in [3.05, 3.63) is 89.0 Å². The number of hydrogen-bond acceptors (Lipinski definition) is 8. The molecule has 1 N–H and O–H groups in total. The van der Waals surface area contributed by atoms with Crippen molar-refractivity contribution in [1.82, 2.24) is 20.3 Å². The topological polar surface area (TPSA) is 112 Å². The number of benzene rings is 2. The third-order valence-corrected chi connectivity index (χ3v) is 6.88. The molecular formula is C27H25N5O5S. The Morgan fingerprint density at radius 2 is 1.89 bits per heavy atom. The van der Waals surface area contributed by atoms with E-state index in [0.29, 0.717) is 38.9 Å². The molecule has 0 spiro atoms. The van der Waals surface area contributed by atoms with Gasteiger partial charge in [0.1, 0.15) is 23.9 Å². The standard InChI is InChI=1S/C27H25N5O5S/c1-35-22-12-11-18(15-23(22)36-2)32(25(33)17-31-21-9-4-3-8-20(21)29-30-31)26(24-10-6-14-38-24)27(34)28-16-19-7-5-13-37-19/h3-15,26H,16-17H2,1-2H3,(H,28,34)/t26-/m0/s1. The van der Waals surface area contributed by atoms with Gasteiger partial charge in [0, 0.05) is 16.6 Å². The number of carbonyl (C=O) groups is 2. The van der Waals surface area contributed by atoms with Gasteiger partial charge in [-0.15, -0.1) is 16.4 Å². The fourth-order valence-corrected chi connectivity index (χ4v) is 4.97. The molecule has 0 radical (unpaired) electrons. The normalized spacial score (nSPS) is 11.7. The quantitative estimate of drug-likeness (QED) is 0.288. The van der Waals surface area contributed by atoms with Gasteiger partial charge < -0.3 is 19.2 Å². The molecule has 0 saturated heterocycles. The third kappa shape index (κ3) is 5.09. The largest absolute Gasteiger partial charge is 0.493 e. The van der Waals surface area contributed by atoms with E-state index < -0.39 is 6.04 Å². The molecule has 2 aromatic carbocycles. The van der Waals surface area contributed by atoms with Crippen LogP contribution in [0.5, 0.6) is 11.5 Å². The predicted molar refractivity (Wildman–Crippen MR) is 142 cm³/mol. The number of amides is 2. The zero-order chi connectivity index (χ0) is 26.5. The molecule has 0 aliphatic rings. The van der Waals surface area contributed by atoms with E-state index in [1.54, 1.807) is 36.6 Å². The highest BCUT2D eigenvalue weighted by atomic mass is 32.1. The van der Waals surface area contributed by atoms with Gasteiger partial charge in [-0.1, -0.05) is 23.4 Å². The summed E-state index contributed by atoms with van der Waals surface area (Å²) in [6, 6.07) is 18.7. The fourth-order valence-electron chi connectivity index (χ4n) is 4.15. The molecule has 194 valence electrons. The maximum absolute atomic E-state index is 14.1. The smallest absolute Gasteiger partial charge is 0.249 e. The Balaban J connectivity index is 1.56. The fraction of sp³-hybridized carbons (Fsp3) is 0.185. The van der Waals surface area contributed by atoms with Crippen LogP contribution in [0.2, 0.25) is 0 Å². The van der Waals surface area contributed by atoms with Crippen molar-refractivity contribution in [2.75, 3.05) is 19.1 Å². The highest BCUT2D eigenvalue weighted by molar-refractivity contribution is 7.10. The van der Waals surface area contributed by atoms with Crippen molar-refractivity contribution < 1.29 is 23.5 Å². The molecule has 5 aromatic rings. The number of anilines is 1. The summed E-state index contributed by atoms with van der Waals surface area (Å²) in [5.74, 6) is 0.798. The zero-order valence-corrected chi connectivity index (χ0v) is 21.6. The van der Waals surface area contributed by atoms with Gasteiger partial charge in [0.15, 0.2) is 11.5 Å². The first-order valence-corrected chi connectivity index (χ1v) is 12.6. The zero-order valence-electron chi connectivity index (χ0n) is 20.7. The third-order valence-electron chi connectivity index (χ3n) is 5.96. The number of nitrogens with one attached hydrogen (secondary N) is 1. The number of nitrogens with zero attached hydrogens (tertiary/aromatic N) is 4. The van der Waals surface area contributed by atoms with Crippen LogP contribution in [0, 0.1) is 0 Å². The summed E-state index contributed by atoms with van der Waals surface area (Å²) in [6.07, 6.45) is 1.54. The minimum atomic E-state index is -0.967. The molecule has 5 rings (SSSR count). The number of para-hydroxylation sites is 1. The van der Waals surface area contributed by atoms with Gasteiger partial charge in [-0.2, -0.15) is 0 Å². The summed E-state index contributed by atoms with van der Waals surface area (Å²) in [4.78, 5) is 29.9. The van der Waals surface area contributed by atoms with Gasteiger partial charge >= 0.3 is 0 Å². The number of ether oxygens (including phenoxy) is 2. The first-order chi connectivity index (χ1) is 18.6. The molecule has 2 amide bonds. The second kappa shape index (κ2) is 11.2. The molecule has 11 heteroatoms. The average molecular weight is 532 g/mol. The van der Waals surface area contributed by atoms with Crippen LogP contribution in [-0.2, 0) is 22.7 Å². The average Bonchev–Trinajstić information content (AvgIpc) is 3.73. The molecule has 10 nitrogen and oxygen atoms in total. The van der Waals surface area contributed by atoms with E-state index in [1.165, 1.54) is 35.1 Å². The highest BCUT2D eigenvalue weighted by Crippen LogP contribution is 2.36. The first-order valence-electron chi connectivity index (χ1n) is 11.7. The van der Waals surface area contributed by atoms with E-state index in [1.807, 2.05) is 41.8 Å². The number of rotatable bonds is 10. The minimum Gasteiger partial charge on any atom is -0.493 e. The summed E-state index contributed by atoms with van der Waals surface area (Å²) >= 11 is 1.38. The van der Waals surface area contributed by atoms with Crippen molar-refractivity contribution in [3.8, 4) is 11.5 Å². The van der Waals surface area contributed by atoms with Gasteiger partial charge in [-0.05, 0) is 47.8 Å². The van der Waals surface area contributed by atoms with Gasteiger partial charge in [-0.25, -0.2) is 4.68 Å². The highest BCUT2D eigenvalue weighted by Gasteiger charge is 2.34. The molecule has 0 fully saturated rings. The molecule has 0 aliphatic carbocycles. The van der Waals surface area contributed by atoms with E-state index >= 15 is 0 Å². The number of carbonyl (C=O) groups excluding carboxylic acids is 2. The van der Waals surface area contributed by atoms with Crippen LogP contribution in [0.4, 0.5) is 5.69 Å². The lowest BCUT2D eigenvalue weighted by atomic mass is 10.1. The molecule has 0 saturated carbocycles. The van der Waals surface area contributed by atoms with Crippen LogP contribution in [-0.4, -0.2) is 41.0 Å². The van der Waals surface area contributed by atoms with Crippen LogP contribution >= 0.6 is 11.3 Å². The Bertz CT molecular complexity index is 1530. The van der Waals surface area contributed by atoms with Crippen molar-refractivity contribution >= 4 is 39.9 Å². The number of hydrogen-bond donors (Lipinski definition) is 1. The van der Waals surface area contributed by atoms with Crippen LogP contribution in [0.3, 0.4) is 0 Å². The molecule has 0 bridgehead atoms. The minimum absolute atomic E-state index is 0.137. The molecule has 1 atom stereocenters. The second-order valence-corrected chi connectivity index (χ2v) is 9.23. The number of aromatic nitrogens is 3. The lowest BCUT2D eigenvalue weighted by molar-refractivity contribution is -0.127. The van der Waals surface area contributed by atoms with Crippen molar-refractivity contribution in [1.29, 1.82) is 0 Å².